The highest BCUT2D eigenvalue weighted by Crippen LogP contribution is 2.32. The third kappa shape index (κ3) is 6.21. The lowest BCUT2D eigenvalue weighted by Crippen LogP contribution is -2.34. The molecule has 0 bridgehead atoms. The Kier molecular flexibility index (Phi) is 8.02. The first-order chi connectivity index (χ1) is 20.4. The molecular weight excluding hydrogens is 623 g/mol. The summed E-state index contributed by atoms with van der Waals surface area (Å²) in [5, 5.41) is 18.8. The van der Waals surface area contributed by atoms with E-state index < -0.39 is 11.8 Å². The van der Waals surface area contributed by atoms with Crippen molar-refractivity contribution in [1.82, 2.24) is 25.6 Å². The van der Waals surface area contributed by atoms with Gasteiger partial charge in [0, 0.05) is 15.7 Å². The Balaban J connectivity index is 1.25. The highest BCUT2D eigenvalue weighted by atomic mass is 79.9. The van der Waals surface area contributed by atoms with Gasteiger partial charge < -0.3 is 0 Å². The van der Waals surface area contributed by atoms with Crippen LogP contribution in [-0.2, 0) is 6.54 Å². The molecule has 0 unspecified atom stereocenters. The highest BCUT2D eigenvalue weighted by molar-refractivity contribution is 9.10. The van der Waals surface area contributed by atoms with Crippen LogP contribution in [0.3, 0.4) is 0 Å². The van der Waals surface area contributed by atoms with Crippen molar-refractivity contribution >= 4 is 71.8 Å². The third-order valence-electron chi connectivity index (χ3n) is 6.84. The lowest BCUT2D eigenvalue weighted by Gasteiger charge is -2.23. The van der Waals surface area contributed by atoms with E-state index in [-0.39, 0.29) is 23.5 Å². The molecule has 3 amide bonds. The fourth-order valence-corrected chi connectivity index (χ4v) is 6.00. The molecule has 5 aromatic rings. The fourth-order valence-electron chi connectivity index (χ4n) is 4.74. The van der Waals surface area contributed by atoms with E-state index in [0.29, 0.717) is 25.9 Å². The molecule has 10 nitrogen and oxygen atoms in total. The van der Waals surface area contributed by atoms with Crippen LogP contribution in [0.1, 0.15) is 47.2 Å². The number of H-pyrrole nitrogens is 1. The monoisotopic (exact) mass is 646 g/mol. The Labute approximate surface area is 252 Å². The minimum Gasteiger partial charge on any atom is -0.290 e. The Morgan fingerprint density at radius 1 is 1.05 bits per heavy atom. The number of aromatic amines is 1. The van der Waals surface area contributed by atoms with E-state index in [1.54, 1.807) is 35.2 Å². The number of tetrazole rings is 1. The molecule has 13 heteroatoms. The molecule has 2 aromatic heterocycles. The van der Waals surface area contributed by atoms with Crippen molar-refractivity contribution in [3.05, 3.63) is 93.7 Å². The molecule has 0 atom stereocenters. The van der Waals surface area contributed by atoms with Crippen molar-refractivity contribution in [3.8, 4) is 0 Å². The topological polar surface area (TPSA) is 129 Å². The van der Waals surface area contributed by atoms with E-state index in [4.69, 9.17) is 0 Å². The summed E-state index contributed by atoms with van der Waals surface area (Å²) in [6.07, 6.45) is 6.78. The first-order valence-corrected chi connectivity index (χ1v) is 14.8. The zero-order valence-electron chi connectivity index (χ0n) is 22.1. The Hall–Kier alpha value is -4.49. The van der Waals surface area contributed by atoms with Crippen LogP contribution < -0.4 is 15.5 Å². The number of halogens is 2. The van der Waals surface area contributed by atoms with Crippen molar-refractivity contribution in [1.29, 1.82) is 0 Å². The van der Waals surface area contributed by atoms with Gasteiger partial charge >= 0.3 is 6.03 Å². The van der Waals surface area contributed by atoms with Crippen molar-refractivity contribution in [2.24, 2.45) is 0 Å². The van der Waals surface area contributed by atoms with Crippen molar-refractivity contribution in [3.63, 3.8) is 0 Å². The summed E-state index contributed by atoms with van der Waals surface area (Å²) >= 11 is 4.36. The van der Waals surface area contributed by atoms with E-state index in [2.05, 4.69) is 58.2 Å². The number of fused-ring (bicyclic) bond motifs is 1. The van der Waals surface area contributed by atoms with Gasteiger partial charge in [-0.25, -0.2) is 14.2 Å². The van der Waals surface area contributed by atoms with E-state index in [9.17, 15) is 14.0 Å². The number of aromatic nitrogens is 5. The fraction of sp³-hybridized carbons (Fsp3) is 0.172. The second-order valence-corrected chi connectivity index (χ2v) is 11.6. The number of nitrogens with one attached hydrogen (secondary N) is 3. The molecule has 0 spiro atoms. The van der Waals surface area contributed by atoms with Crippen LogP contribution in [0.4, 0.5) is 26.0 Å². The molecular formula is C29H24BrFN8O2S. The van der Waals surface area contributed by atoms with Gasteiger partial charge in [0.2, 0.25) is 0 Å². The second kappa shape index (κ2) is 12.2. The van der Waals surface area contributed by atoms with Gasteiger partial charge in [0.25, 0.3) is 11.9 Å². The summed E-state index contributed by atoms with van der Waals surface area (Å²) in [5.41, 5.74) is 4.78. The molecule has 1 aliphatic rings. The minimum atomic E-state index is -0.419. The van der Waals surface area contributed by atoms with Gasteiger partial charge in [0.05, 0.1) is 16.8 Å². The van der Waals surface area contributed by atoms with Crippen LogP contribution in [0.25, 0.3) is 15.8 Å². The van der Waals surface area contributed by atoms with Crippen LogP contribution in [0.5, 0.6) is 0 Å². The number of thiazole rings is 1. The van der Waals surface area contributed by atoms with Gasteiger partial charge in [-0.2, -0.15) is 5.21 Å². The van der Waals surface area contributed by atoms with Crippen LogP contribution >= 0.6 is 27.3 Å². The lowest BCUT2D eigenvalue weighted by molar-refractivity contribution is 0.102. The van der Waals surface area contributed by atoms with Gasteiger partial charge in [-0.15, -0.1) is 5.10 Å². The number of allylic oxidation sites excluding steroid dienone is 2. The maximum atomic E-state index is 14.5. The van der Waals surface area contributed by atoms with Crippen LogP contribution in [0.2, 0.25) is 0 Å². The predicted molar refractivity (Wildman–Crippen MR) is 164 cm³/mol. The van der Waals surface area contributed by atoms with Crippen molar-refractivity contribution < 1.29 is 14.0 Å². The number of hydrogen-bond acceptors (Lipinski definition) is 7. The van der Waals surface area contributed by atoms with E-state index in [0.717, 1.165) is 35.3 Å². The molecule has 1 aliphatic carbocycles. The summed E-state index contributed by atoms with van der Waals surface area (Å²) in [7, 11) is 0. The summed E-state index contributed by atoms with van der Waals surface area (Å²) < 4.78 is 15.4. The molecule has 0 radical (unpaired) electrons. The van der Waals surface area contributed by atoms with Crippen molar-refractivity contribution in [2.45, 2.75) is 32.2 Å². The average molecular weight is 648 g/mol. The van der Waals surface area contributed by atoms with Crippen LogP contribution in [0, 0.1) is 5.82 Å². The third-order valence-corrected chi connectivity index (χ3v) is 8.29. The maximum Gasteiger partial charge on any atom is 0.328 e. The lowest BCUT2D eigenvalue weighted by atomic mass is 9.93. The summed E-state index contributed by atoms with van der Waals surface area (Å²) in [6, 6.07) is 17.4. The Morgan fingerprint density at radius 2 is 1.86 bits per heavy atom. The summed E-state index contributed by atoms with van der Waals surface area (Å²) in [4.78, 5) is 32.2. The number of amides is 3. The first kappa shape index (κ1) is 27.7. The number of anilines is 3. The molecule has 0 fully saturated rings. The van der Waals surface area contributed by atoms with Gasteiger partial charge in [0.1, 0.15) is 5.82 Å². The molecule has 2 heterocycles. The molecule has 42 heavy (non-hydrogen) atoms. The maximum absolute atomic E-state index is 14.5. The molecule has 0 aliphatic heterocycles. The number of urea groups is 1. The smallest absolute Gasteiger partial charge is 0.290 e. The number of benzene rings is 3. The standard InChI is InChI=1S/C29H24BrFN8O2S/c30-21-14-23(31)25-24(15-21)32-28(42-25)34-29(41)39(22-12-10-19(11-13-22)18-4-2-1-3-5-18)16-17-6-8-20(9-7-17)26(40)33-27-35-37-38-36-27/h4,6-15H,1-3,5,16H2,(H,32,34,41)(H2,33,35,36,37,38,40). The van der Waals surface area contributed by atoms with E-state index in [1.807, 2.05) is 24.3 Å². The number of hydrogen-bond donors (Lipinski definition) is 3. The van der Waals surface area contributed by atoms with Crippen LogP contribution in [-0.4, -0.2) is 37.5 Å². The molecule has 3 aromatic carbocycles. The van der Waals surface area contributed by atoms with Crippen LogP contribution in [0.15, 0.2) is 71.2 Å². The number of nitrogens with zero attached hydrogens (tertiary/aromatic N) is 5. The molecule has 0 saturated carbocycles. The molecule has 3 N–H and O–H groups in total. The molecule has 0 saturated heterocycles. The average Bonchev–Trinajstić information content (AvgIpc) is 3.66. The van der Waals surface area contributed by atoms with E-state index >= 15 is 0 Å². The second-order valence-electron chi connectivity index (χ2n) is 9.68. The Morgan fingerprint density at radius 3 is 2.57 bits per heavy atom. The predicted octanol–water partition coefficient (Wildman–Crippen LogP) is 7.16. The quantitative estimate of drug-likeness (QED) is 0.172. The molecule has 6 rings (SSSR count). The van der Waals surface area contributed by atoms with Gasteiger partial charge in [-0.3, -0.25) is 20.3 Å². The SMILES string of the molecule is O=C(Nc1nn[nH]n1)c1ccc(CN(C(=O)Nc2nc3cc(Br)cc(F)c3s2)c2ccc(C3=CCCCC3)cc2)cc1. The minimum absolute atomic E-state index is 0.0708. The first-order valence-electron chi connectivity index (χ1n) is 13.2. The zero-order chi connectivity index (χ0) is 29.1. The van der Waals surface area contributed by atoms with Gasteiger partial charge in [-0.05, 0) is 84.0 Å². The number of carbonyl (C=O) groups excluding carboxylic acids is 2. The van der Waals surface area contributed by atoms with Gasteiger partial charge in [-0.1, -0.05) is 62.7 Å². The summed E-state index contributed by atoms with van der Waals surface area (Å²) in [5.74, 6) is -0.730. The highest BCUT2D eigenvalue weighted by Gasteiger charge is 2.20. The van der Waals surface area contributed by atoms with E-state index in [1.165, 1.54) is 24.5 Å². The Bertz CT molecular complexity index is 1770. The normalized spacial score (nSPS) is 13.0. The number of carbonyl (C=O) groups is 2. The number of rotatable bonds is 7. The van der Waals surface area contributed by atoms with Gasteiger partial charge in [0.15, 0.2) is 5.13 Å². The molecule has 212 valence electrons. The zero-order valence-corrected chi connectivity index (χ0v) is 24.5. The largest absolute Gasteiger partial charge is 0.328 e. The van der Waals surface area contributed by atoms with Crippen molar-refractivity contribution in [2.75, 3.05) is 15.5 Å². The summed E-state index contributed by atoms with van der Waals surface area (Å²) in [6.45, 7) is 0.214.